The highest BCUT2D eigenvalue weighted by Crippen LogP contribution is 2.25. The zero-order valence-corrected chi connectivity index (χ0v) is 10.3. The highest BCUT2D eigenvalue weighted by molar-refractivity contribution is 7.12. The molecule has 1 atom stereocenters. The van der Waals surface area contributed by atoms with Crippen LogP contribution in [0.25, 0.3) is 0 Å². The summed E-state index contributed by atoms with van der Waals surface area (Å²) in [4.78, 5) is 2.99. The standard InChI is InChI=1S/C12H21NS/c1-4-9-13-11(6-3)12-8-7-10(5-2)14-12/h7-8,11,13H,4-6,9H2,1-3H3. The maximum Gasteiger partial charge on any atom is 0.0412 e. The van der Waals surface area contributed by atoms with Crippen LogP contribution in [0.1, 0.15) is 49.4 Å². The van der Waals surface area contributed by atoms with Crippen molar-refractivity contribution in [1.29, 1.82) is 0 Å². The molecule has 0 spiro atoms. The van der Waals surface area contributed by atoms with E-state index in [0.29, 0.717) is 6.04 Å². The highest BCUT2D eigenvalue weighted by atomic mass is 32.1. The molecule has 0 bridgehead atoms. The van der Waals surface area contributed by atoms with Crippen molar-refractivity contribution in [1.82, 2.24) is 5.32 Å². The van der Waals surface area contributed by atoms with Gasteiger partial charge < -0.3 is 5.32 Å². The Balaban J connectivity index is 2.58. The Morgan fingerprint density at radius 2 is 2.07 bits per heavy atom. The maximum absolute atomic E-state index is 3.58. The van der Waals surface area contributed by atoms with E-state index < -0.39 is 0 Å². The Hall–Kier alpha value is -0.340. The van der Waals surface area contributed by atoms with Gasteiger partial charge >= 0.3 is 0 Å². The molecule has 14 heavy (non-hydrogen) atoms. The fourth-order valence-corrected chi connectivity index (χ4v) is 2.65. The van der Waals surface area contributed by atoms with Crippen LogP contribution in [0.2, 0.25) is 0 Å². The average Bonchev–Trinajstić information content (AvgIpc) is 2.68. The van der Waals surface area contributed by atoms with E-state index in [0.717, 1.165) is 13.0 Å². The minimum Gasteiger partial charge on any atom is -0.309 e. The Bertz CT molecular complexity index is 255. The zero-order valence-electron chi connectivity index (χ0n) is 9.47. The van der Waals surface area contributed by atoms with Crippen LogP contribution >= 0.6 is 11.3 Å². The van der Waals surface area contributed by atoms with Crippen molar-refractivity contribution < 1.29 is 0 Å². The van der Waals surface area contributed by atoms with E-state index in [2.05, 4.69) is 38.2 Å². The first-order valence-electron chi connectivity index (χ1n) is 5.63. The van der Waals surface area contributed by atoms with Gasteiger partial charge in [0.2, 0.25) is 0 Å². The van der Waals surface area contributed by atoms with Crippen LogP contribution in [0.3, 0.4) is 0 Å². The van der Waals surface area contributed by atoms with Crippen LogP contribution in [0.15, 0.2) is 12.1 Å². The van der Waals surface area contributed by atoms with Crippen molar-refractivity contribution in [2.24, 2.45) is 0 Å². The molecule has 0 radical (unpaired) electrons. The van der Waals surface area contributed by atoms with Crippen LogP contribution in [0.5, 0.6) is 0 Å². The Morgan fingerprint density at radius 3 is 2.57 bits per heavy atom. The molecule has 0 aromatic carbocycles. The van der Waals surface area contributed by atoms with Gasteiger partial charge in [-0.25, -0.2) is 0 Å². The van der Waals surface area contributed by atoms with Crippen LogP contribution in [-0.4, -0.2) is 6.54 Å². The predicted molar refractivity (Wildman–Crippen MR) is 65.0 cm³/mol. The van der Waals surface area contributed by atoms with Crippen LogP contribution in [-0.2, 0) is 6.42 Å². The summed E-state index contributed by atoms with van der Waals surface area (Å²) in [6.45, 7) is 7.80. The van der Waals surface area contributed by atoms with Gasteiger partial charge in [0.15, 0.2) is 0 Å². The summed E-state index contributed by atoms with van der Waals surface area (Å²) in [6, 6.07) is 5.11. The molecule has 2 heteroatoms. The first kappa shape index (κ1) is 11.7. The molecule has 0 aliphatic carbocycles. The molecule has 1 unspecified atom stereocenters. The Morgan fingerprint density at radius 1 is 1.29 bits per heavy atom. The summed E-state index contributed by atoms with van der Waals surface area (Å²) in [7, 11) is 0. The molecular weight excluding hydrogens is 190 g/mol. The van der Waals surface area contributed by atoms with Gasteiger partial charge in [0.05, 0.1) is 0 Å². The highest BCUT2D eigenvalue weighted by Gasteiger charge is 2.09. The van der Waals surface area contributed by atoms with E-state index in [1.807, 2.05) is 11.3 Å². The third kappa shape index (κ3) is 3.10. The molecule has 0 saturated heterocycles. The zero-order chi connectivity index (χ0) is 10.4. The third-order valence-electron chi connectivity index (χ3n) is 2.42. The van der Waals surface area contributed by atoms with Gasteiger partial charge in [-0.1, -0.05) is 20.8 Å². The van der Waals surface area contributed by atoms with Gasteiger partial charge in [0.1, 0.15) is 0 Å². The van der Waals surface area contributed by atoms with Gasteiger partial charge in [-0.05, 0) is 37.9 Å². The molecule has 1 nitrogen and oxygen atoms in total. The summed E-state index contributed by atoms with van der Waals surface area (Å²) in [5.41, 5.74) is 0. The molecule has 1 aromatic heterocycles. The molecule has 80 valence electrons. The number of rotatable bonds is 6. The quantitative estimate of drug-likeness (QED) is 0.755. The van der Waals surface area contributed by atoms with E-state index in [1.165, 1.54) is 22.6 Å². The van der Waals surface area contributed by atoms with Crippen molar-refractivity contribution in [3.05, 3.63) is 21.9 Å². The van der Waals surface area contributed by atoms with E-state index in [4.69, 9.17) is 0 Å². The molecule has 0 fully saturated rings. The predicted octanol–water partition coefficient (Wildman–Crippen LogP) is 3.76. The summed E-state index contributed by atoms with van der Waals surface area (Å²) in [6.07, 6.45) is 3.56. The topological polar surface area (TPSA) is 12.0 Å². The Labute approximate surface area is 91.5 Å². The lowest BCUT2D eigenvalue weighted by atomic mass is 10.2. The van der Waals surface area contributed by atoms with Crippen molar-refractivity contribution >= 4 is 11.3 Å². The fraction of sp³-hybridized carbons (Fsp3) is 0.667. The van der Waals surface area contributed by atoms with Crippen molar-refractivity contribution in [3.63, 3.8) is 0 Å². The smallest absolute Gasteiger partial charge is 0.0412 e. The second-order valence-electron chi connectivity index (χ2n) is 3.57. The molecule has 1 N–H and O–H groups in total. The average molecular weight is 211 g/mol. The SMILES string of the molecule is CCCNC(CC)c1ccc(CC)s1. The summed E-state index contributed by atoms with van der Waals surface area (Å²) in [5, 5.41) is 3.58. The second kappa shape index (κ2) is 6.20. The van der Waals surface area contributed by atoms with E-state index >= 15 is 0 Å². The summed E-state index contributed by atoms with van der Waals surface area (Å²) < 4.78 is 0. The van der Waals surface area contributed by atoms with Crippen LogP contribution in [0.4, 0.5) is 0 Å². The van der Waals surface area contributed by atoms with Gasteiger partial charge in [0, 0.05) is 15.8 Å². The van der Waals surface area contributed by atoms with Crippen molar-refractivity contribution in [2.75, 3.05) is 6.54 Å². The van der Waals surface area contributed by atoms with Crippen LogP contribution in [0, 0.1) is 0 Å². The first-order chi connectivity index (χ1) is 6.81. The molecule has 0 amide bonds. The minimum absolute atomic E-state index is 0.570. The van der Waals surface area contributed by atoms with Gasteiger partial charge in [-0.3, -0.25) is 0 Å². The number of hydrogen-bond donors (Lipinski definition) is 1. The number of aryl methyl sites for hydroxylation is 1. The van der Waals surface area contributed by atoms with Gasteiger partial charge in [0.25, 0.3) is 0 Å². The maximum atomic E-state index is 3.58. The second-order valence-corrected chi connectivity index (χ2v) is 4.77. The molecule has 0 aliphatic rings. The largest absolute Gasteiger partial charge is 0.309 e. The molecule has 1 heterocycles. The van der Waals surface area contributed by atoms with Crippen molar-refractivity contribution in [3.8, 4) is 0 Å². The minimum atomic E-state index is 0.570. The molecule has 0 aliphatic heterocycles. The lowest BCUT2D eigenvalue weighted by molar-refractivity contribution is 0.525. The number of thiophene rings is 1. The fourth-order valence-electron chi connectivity index (χ4n) is 1.54. The summed E-state index contributed by atoms with van der Waals surface area (Å²) in [5.74, 6) is 0. The Kier molecular flexibility index (Phi) is 5.20. The molecular formula is C12H21NS. The van der Waals surface area contributed by atoms with Gasteiger partial charge in [-0.2, -0.15) is 0 Å². The van der Waals surface area contributed by atoms with E-state index in [1.54, 1.807) is 0 Å². The lowest BCUT2D eigenvalue weighted by Crippen LogP contribution is -2.20. The van der Waals surface area contributed by atoms with E-state index in [-0.39, 0.29) is 0 Å². The monoisotopic (exact) mass is 211 g/mol. The summed E-state index contributed by atoms with van der Waals surface area (Å²) >= 11 is 1.95. The lowest BCUT2D eigenvalue weighted by Gasteiger charge is -2.14. The normalized spacial score (nSPS) is 13.1. The molecule has 1 aromatic rings. The van der Waals surface area contributed by atoms with Gasteiger partial charge in [-0.15, -0.1) is 11.3 Å². The molecule has 0 saturated carbocycles. The van der Waals surface area contributed by atoms with Crippen molar-refractivity contribution in [2.45, 2.75) is 46.1 Å². The van der Waals surface area contributed by atoms with Crippen LogP contribution < -0.4 is 5.32 Å². The van der Waals surface area contributed by atoms with E-state index in [9.17, 15) is 0 Å². The number of hydrogen-bond acceptors (Lipinski definition) is 2. The number of nitrogens with one attached hydrogen (secondary N) is 1. The molecule has 1 rings (SSSR count). The third-order valence-corrected chi connectivity index (χ3v) is 3.77. The first-order valence-corrected chi connectivity index (χ1v) is 6.45.